The van der Waals surface area contributed by atoms with Crippen LogP contribution in [-0.4, -0.2) is 46.4 Å². The third-order valence-electron chi connectivity index (χ3n) is 4.65. The van der Waals surface area contributed by atoms with Gasteiger partial charge in [0.2, 0.25) is 0 Å². The molecule has 11 heteroatoms. The lowest BCUT2D eigenvalue weighted by Crippen LogP contribution is -2.39. The Balaban J connectivity index is 1.83. The number of sulfonamides is 1. The van der Waals surface area contributed by atoms with Crippen LogP contribution in [0.4, 0.5) is 5.69 Å². The Hall–Kier alpha value is -3.57. The predicted molar refractivity (Wildman–Crippen MR) is 132 cm³/mol. The maximum atomic E-state index is 13.3. The molecular weight excluding hydrogens is 526 g/mol. The van der Waals surface area contributed by atoms with E-state index in [1.165, 1.54) is 38.6 Å². The van der Waals surface area contributed by atoms with Gasteiger partial charge in [0.1, 0.15) is 12.3 Å². The maximum Gasteiger partial charge on any atom is 0.264 e. The van der Waals surface area contributed by atoms with Crippen molar-refractivity contribution in [2.45, 2.75) is 4.90 Å². The first kappa shape index (κ1) is 25.1. The van der Waals surface area contributed by atoms with Crippen molar-refractivity contribution in [2.24, 2.45) is 5.10 Å². The van der Waals surface area contributed by atoms with Crippen molar-refractivity contribution in [1.29, 1.82) is 0 Å². The van der Waals surface area contributed by atoms with Crippen LogP contribution in [0.15, 0.2) is 81.2 Å². The van der Waals surface area contributed by atoms with Gasteiger partial charge in [-0.15, -0.1) is 0 Å². The number of rotatable bonds is 9. The topological polar surface area (TPSA) is 118 Å². The highest BCUT2D eigenvalue weighted by atomic mass is 79.9. The first-order valence-electron chi connectivity index (χ1n) is 9.86. The number of methoxy groups -OCH3 is 2. The largest absolute Gasteiger partial charge is 0.503 e. The Labute approximate surface area is 205 Å². The van der Waals surface area contributed by atoms with Crippen LogP contribution in [-0.2, 0) is 14.8 Å². The van der Waals surface area contributed by atoms with Crippen LogP contribution < -0.4 is 19.2 Å². The van der Waals surface area contributed by atoms with Crippen LogP contribution in [0.3, 0.4) is 0 Å². The number of phenolic OH excluding ortho intramolecular Hbond substituents is 1. The third kappa shape index (κ3) is 5.86. The molecule has 0 spiro atoms. The molecule has 0 atom stereocenters. The quantitative estimate of drug-likeness (QED) is 0.312. The van der Waals surface area contributed by atoms with Crippen molar-refractivity contribution < 1.29 is 27.8 Å². The fourth-order valence-corrected chi connectivity index (χ4v) is 4.85. The van der Waals surface area contributed by atoms with Gasteiger partial charge >= 0.3 is 0 Å². The summed E-state index contributed by atoms with van der Waals surface area (Å²) in [6.07, 6.45) is 1.34. The molecule has 0 heterocycles. The van der Waals surface area contributed by atoms with Gasteiger partial charge in [0, 0.05) is 0 Å². The van der Waals surface area contributed by atoms with Gasteiger partial charge in [-0.3, -0.25) is 9.10 Å². The smallest absolute Gasteiger partial charge is 0.264 e. The minimum absolute atomic E-state index is 0.0446. The summed E-state index contributed by atoms with van der Waals surface area (Å²) in [6.45, 7) is -0.510. The molecular formula is C23H22BrN3O6S. The second-order valence-corrected chi connectivity index (χ2v) is 9.59. The number of anilines is 1. The number of hydrogen-bond donors (Lipinski definition) is 2. The lowest BCUT2D eigenvalue weighted by Gasteiger charge is -2.23. The van der Waals surface area contributed by atoms with Gasteiger partial charge in [0.15, 0.2) is 11.5 Å². The molecule has 3 aromatic carbocycles. The number of phenols is 1. The summed E-state index contributed by atoms with van der Waals surface area (Å²) in [4.78, 5) is 12.7. The van der Waals surface area contributed by atoms with E-state index >= 15 is 0 Å². The van der Waals surface area contributed by atoms with Crippen molar-refractivity contribution in [2.75, 3.05) is 25.1 Å². The Kier molecular flexibility index (Phi) is 8.13. The second-order valence-electron chi connectivity index (χ2n) is 6.87. The van der Waals surface area contributed by atoms with E-state index in [-0.39, 0.29) is 22.1 Å². The Morgan fingerprint density at radius 3 is 2.38 bits per heavy atom. The number of nitrogens with one attached hydrogen (secondary N) is 1. The molecule has 3 aromatic rings. The fraction of sp³-hybridized carbons (Fsp3) is 0.130. The summed E-state index contributed by atoms with van der Waals surface area (Å²) in [5.74, 6) is 0.0495. The fourth-order valence-electron chi connectivity index (χ4n) is 2.95. The van der Waals surface area contributed by atoms with Crippen molar-refractivity contribution in [1.82, 2.24) is 5.43 Å². The molecule has 0 aromatic heterocycles. The summed E-state index contributed by atoms with van der Waals surface area (Å²) in [5, 5.41) is 13.8. The van der Waals surface area contributed by atoms with E-state index in [1.54, 1.807) is 48.5 Å². The zero-order valence-corrected chi connectivity index (χ0v) is 20.7. The molecule has 0 saturated heterocycles. The van der Waals surface area contributed by atoms with Crippen LogP contribution in [0.5, 0.6) is 17.2 Å². The van der Waals surface area contributed by atoms with Crippen LogP contribution in [0.1, 0.15) is 5.56 Å². The molecule has 2 N–H and O–H groups in total. The number of amides is 1. The number of nitrogens with zero attached hydrogens (tertiary/aromatic N) is 2. The molecule has 3 rings (SSSR count). The van der Waals surface area contributed by atoms with Crippen molar-refractivity contribution in [3.63, 3.8) is 0 Å². The Morgan fingerprint density at radius 1 is 1.09 bits per heavy atom. The second kappa shape index (κ2) is 11.0. The van der Waals surface area contributed by atoms with Gasteiger partial charge in [-0.1, -0.05) is 18.2 Å². The number of hydrazone groups is 1. The monoisotopic (exact) mass is 547 g/mol. The summed E-state index contributed by atoms with van der Waals surface area (Å²) in [5.41, 5.74) is 3.15. The third-order valence-corrected chi connectivity index (χ3v) is 7.04. The number of carbonyl (C=O) groups is 1. The zero-order valence-electron chi connectivity index (χ0n) is 18.3. The zero-order chi connectivity index (χ0) is 24.7. The highest BCUT2D eigenvalue weighted by molar-refractivity contribution is 9.10. The van der Waals surface area contributed by atoms with E-state index in [1.807, 2.05) is 0 Å². The average molecular weight is 548 g/mol. The number of aromatic hydroxyl groups is 1. The summed E-state index contributed by atoms with van der Waals surface area (Å²) < 4.78 is 38.2. The first-order valence-corrected chi connectivity index (χ1v) is 12.1. The van der Waals surface area contributed by atoms with E-state index in [0.29, 0.717) is 15.8 Å². The lowest BCUT2D eigenvalue weighted by atomic mass is 10.2. The van der Waals surface area contributed by atoms with E-state index in [0.717, 1.165) is 4.31 Å². The van der Waals surface area contributed by atoms with Crippen LogP contribution >= 0.6 is 15.9 Å². The number of benzene rings is 3. The minimum Gasteiger partial charge on any atom is -0.503 e. The van der Waals surface area contributed by atoms with Crippen molar-refractivity contribution >= 4 is 43.8 Å². The molecule has 0 aliphatic carbocycles. The molecule has 0 aliphatic rings. The molecule has 0 aliphatic heterocycles. The van der Waals surface area contributed by atoms with E-state index in [9.17, 15) is 18.3 Å². The predicted octanol–water partition coefficient (Wildman–Crippen LogP) is 3.52. The highest BCUT2D eigenvalue weighted by Gasteiger charge is 2.27. The standard InChI is InChI=1S/C23H22BrN3O6S/c1-32-18-10-8-17(9-11-18)27(34(30,31)19-6-4-3-5-7-19)15-22(28)26-25-14-16-12-20(24)23(29)21(13-16)33-2/h3-14,29H,15H2,1-2H3,(H,26,28)/b25-14-. The van der Waals surface area contributed by atoms with Crippen LogP contribution in [0, 0.1) is 0 Å². The van der Waals surface area contributed by atoms with E-state index < -0.39 is 22.5 Å². The molecule has 178 valence electrons. The van der Waals surface area contributed by atoms with E-state index in [2.05, 4.69) is 26.5 Å². The Morgan fingerprint density at radius 2 is 1.76 bits per heavy atom. The van der Waals surface area contributed by atoms with Gasteiger partial charge in [0.25, 0.3) is 15.9 Å². The van der Waals surface area contributed by atoms with Gasteiger partial charge in [-0.2, -0.15) is 5.10 Å². The normalized spacial score (nSPS) is 11.3. The average Bonchev–Trinajstić information content (AvgIpc) is 2.85. The van der Waals surface area contributed by atoms with Crippen LogP contribution in [0.25, 0.3) is 0 Å². The lowest BCUT2D eigenvalue weighted by molar-refractivity contribution is -0.119. The molecule has 34 heavy (non-hydrogen) atoms. The number of hydrogen-bond acceptors (Lipinski definition) is 7. The Bertz CT molecular complexity index is 1280. The van der Waals surface area contributed by atoms with E-state index in [4.69, 9.17) is 9.47 Å². The van der Waals surface area contributed by atoms with Gasteiger partial charge in [-0.05, 0) is 70.0 Å². The molecule has 1 amide bonds. The number of ether oxygens (including phenoxy) is 2. The van der Waals surface area contributed by atoms with Gasteiger partial charge in [-0.25, -0.2) is 13.8 Å². The maximum absolute atomic E-state index is 13.3. The summed E-state index contributed by atoms with van der Waals surface area (Å²) in [6, 6.07) is 17.2. The molecule has 9 nitrogen and oxygen atoms in total. The van der Waals surface area contributed by atoms with Crippen molar-refractivity contribution in [3.8, 4) is 17.2 Å². The van der Waals surface area contributed by atoms with Crippen molar-refractivity contribution in [3.05, 3.63) is 76.8 Å². The molecule has 0 radical (unpaired) electrons. The van der Waals surface area contributed by atoms with Crippen LogP contribution in [0.2, 0.25) is 0 Å². The summed E-state index contributed by atoms with van der Waals surface area (Å²) in [7, 11) is -1.13. The number of carbonyl (C=O) groups excluding carboxylic acids is 1. The minimum atomic E-state index is -4.04. The highest BCUT2D eigenvalue weighted by Crippen LogP contribution is 2.34. The number of halogens is 1. The first-order chi connectivity index (χ1) is 16.3. The van der Waals surface area contributed by atoms with Gasteiger partial charge in [0.05, 0.1) is 35.5 Å². The SMILES string of the molecule is COc1ccc(N(CC(=O)N/N=C\c2cc(Br)c(O)c(OC)c2)S(=O)(=O)c2ccccc2)cc1. The molecule has 0 unspecified atom stereocenters. The molecule has 0 bridgehead atoms. The summed E-state index contributed by atoms with van der Waals surface area (Å²) >= 11 is 3.21. The molecule has 0 fully saturated rings. The van der Waals surface area contributed by atoms with Gasteiger partial charge < -0.3 is 14.6 Å². The molecule has 0 saturated carbocycles.